The molecule has 0 spiro atoms. The number of hydrogen-bond donors (Lipinski definition) is 1. The molecule has 1 amide bonds. The molecule has 6 heteroatoms. The second-order valence-corrected chi connectivity index (χ2v) is 7.14. The van der Waals surface area contributed by atoms with Gasteiger partial charge in [0.2, 0.25) is 5.91 Å². The fraction of sp³-hybridized carbons (Fsp3) is 0.375. The molecule has 1 aliphatic heterocycles. The molecule has 0 aliphatic carbocycles. The third-order valence-electron chi connectivity index (χ3n) is 4.89. The van der Waals surface area contributed by atoms with E-state index in [1.165, 1.54) is 11.6 Å². The average Bonchev–Trinajstić information content (AvgIpc) is 2.78. The number of ether oxygens (including phenoxy) is 3. The number of nitrogens with zero attached hydrogens (tertiary/aromatic N) is 1. The van der Waals surface area contributed by atoms with E-state index >= 15 is 0 Å². The number of carbonyl (C=O) groups is 1. The maximum atomic E-state index is 12.2. The number of hydrogen-bond acceptors (Lipinski definition) is 5. The van der Waals surface area contributed by atoms with Crippen LogP contribution in [0.15, 0.2) is 54.6 Å². The van der Waals surface area contributed by atoms with E-state index in [0.29, 0.717) is 31.3 Å². The Morgan fingerprint density at radius 2 is 2.07 bits per heavy atom. The highest BCUT2D eigenvalue weighted by Crippen LogP contribution is 2.28. The van der Waals surface area contributed by atoms with E-state index < -0.39 is 0 Å². The van der Waals surface area contributed by atoms with Gasteiger partial charge in [-0.2, -0.15) is 0 Å². The predicted molar refractivity (Wildman–Crippen MR) is 118 cm³/mol. The topological polar surface area (TPSA) is 60.0 Å². The first-order valence-electron chi connectivity index (χ1n) is 10.3. The Kier molecular flexibility index (Phi) is 8.30. The normalized spacial score (nSPS) is 17.1. The number of rotatable bonds is 9. The van der Waals surface area contributed by atoms with Crippen molar-refractivity contribution < 1.29 is 19.0 Å². The Hall–Kier alpha value is -2.83. The summed E-state index contributed by atoms with van der Waals surface area (Å²) in [5.74, 6) is 1.19. The number of amides is 1. The lowest BCUT2D eigenvalue weighted by atomic mass is 10.2. The van der Waals surface area contributed by atoms with Gasteiger partial charge in [-0.05, 0) is 36.3 Å². The molecule has 0 bridgehead atoms. The van der Waals surface area contributed by atoms with Crippen molar-refractivity contribution >= 4 is 12.0 Å². The Labute approximate surface area is 178 Å². The van der Waals surface area contributed by atoms with Crippen LogP contribution in [0.5, 0.6) is 11.5 Å². The Morgan fingerprint density at radius 1 is 1.23 bits per heavy atom. The monoisotopic (exact) mass is 410 g/mol. The quantitative estimate of drug-likeness (QED) is 0.644. The van der Waals surface area contributed by atoms with Gasteiger partial charge in [-0.3, -0.25) is 9.69 Å². The third kappa shape index (κ3) is 6.61. The second kappa shape index (κ2) is 11.4. The molecule has 3 rings (SSSR count). The molecule has 1 unspecified atom stereocenters. The maximum Gasteiger partial charge on any atom is 0.244 e. The molecule has 1 saturated heterocycles. The lowest BCUT2D eigenvalue weighted by Crippen LogP contribution is -2.46. The predicted octanol–water partition coefficient (Wildman–Crippen LogP) is 3.12. The maximum absolute atomic E-state index is 12.2. The number of nitrogens with one attached hydrogen (secondary N) is 1. The van der Waals surface area contributed by atoms with E-state index in [9.17, 15) is 4.79 Å². The Balaban J connectivity index is 1.47. The Morgan fingerprint density at radius 3 is 2.83 bits per heavy atom. The van der Waals surface area contributed by atoms with Crippen LogP contribution in [0, 0.1) is 0 Å². The summed E-state index contributed by atoms with van der Waals surface area (Å²) >= 11 is 0. The van der Waals surface area contributed by atoms with Gasteiger partial charge in [0, 0.05) is 32.3 Å². The minimum Gasteiger partial charge on any atom is -0.493 e. The lowest BCUT2D eigenvalue weighted by Gasteiger charge is -2.33. The van der Waals surface area contributed by atoms with Gasteiger partial charge in [0.05, 0.1) is 26.4 Å². The largest absolute Gasteiger partial charge is 0.493 e. The molecule has 0 radical (unpaired) electrons. The van der Waals surface area contributed by atoms with E-state index in [4.69, 9.17) is 14.2 Å². The number of morpholine rings is 1. The van der Waals surface area contributed by atoms with Crippen molar-refractivity contribution in [2.75, 3.05) is 40.0 Å². The summed E-state index contributed by atoms with van der Waals surface area (Å²) in [4.78, 5) is 14.6. The molecule has 0 aromatic heterocycles. The summed E-state index contributed by atoms with van der Waals surface area (Å²) in [6.45, 7) is 6.26. The molecular weight excluding hydrogens is 380 g/mol. The van der Waals surface area contributed by atoms with Crippen LogP contribution in [0.1, 0.15) is 18.1 Å². The van der Waals surface area contributed by atoms with Crippen LogP contribution in [0.25, 0.3) is 6.08 Å². The molecule has 30 heavy (non-hydrogen) atoms. The van der Waals surface area contributed by atoms with Crippen LogP contribution in [-0.4, -0.2) is 56.9 Å². The van der Waals surface area contributed by atoms with Gasteiger partial charge in [-0.15, -0.1) is 0 Å². The number of benzene rings is 2. The molecule has 0 saturated carbocycles. The summed E-state index contributed by atoms with van der Waals surface area (Å²) in [6.07, 6.45) is 3.28. The van der Waals surface area contributed by atoms with Gasteiger partial charge in [0.15, 0.2) is 11.5 Å². The Bertz CT molecular complexity index is 838. The van der Waals surface area contributed by atoms with Gasteiger partial charge in [0.1, 0.15) is 0 Å². The molecule has 1 heterocycles. The summed E-state index contributed by atoms with van der Waals surface area (Å²) < 4.78 is 16.7. The van der Waals surface area contributed by atoms with Gasteiger partial charge in [-0.25, -0.2) is 0 Å². The van der Waals surface area contributed by atoms with E-state index in [1.807, 2.05) is 31.2 Å². The highest BCUT2D eigenvalue weighted by atomic mass is 16.5. The van der Waals surface area contributed by atoms with Gasteiger partial charge in [-0.1, -0.05) is 36.4 Å². The molecule has 160 valence electrons. The highest BCUT2D eigenvalue weighted by molar-refractivity contribution is 5.91. The van der Waals surface area contributed by atoms with Crippen molar-refractivity contribution in [3.63, 3.8) is 0 Å². The van der Waals surface area contributed by atoms with Gasteiger partial charge in [0.25, 0.3) is 0 Å². The smallest absolute Gasteiger partial charge is 0.244 e. The zero-order chi connectivity index (χ0) is 21.2. The molecule has 2 aromatic carbocycles. The summed E-state index contributed by atoms with van der Waals surface area (Å²) in [5.41, 5.74) is 2.16. The van der Waals surface area contributed by atoms with Crippen LogP contribution < -0.4 is 14.8 Å². The zero-order valence-electron chi connectivity index (χ0n) is 17.7. The molecule has 1 fully saturated rings. The zero-order valence-corrected chi connectivity index (χ0v) is 17.7. The van der Waals surface area contributed by atoms with Crippen molar-refractivity contribution in [3.05, 3.63) is 65.7 Å². The van der Waals surface area contributed by atoms with Crippen LogP contribution in [0.4, 0.5) is 0 Å². The molecule has 6 nitrogen and oxygen atoms in total. The van der Waals surface area contributed by atoms with Crippen LogP contribution in [0.3, 0.4) is 0 Å². The minimum atomic E-state index is -0.147. The summed E-state index contributed by atoms with van der Waals surface area (Å²) in [7, 11) is 1.60. The van der Waals surface area contributed by atoms with Crippen LogP contribution >= 0.6 is 0 Å². The standard InChI is InChI=1S/C24H30N2O4/c1-3-29-22-11-9-19(15-23(22)28-2)10-12-24(27)25-16-21-18-26(13-14-30-21)17-20-7-5-4-6-8-20/h4-12,15,21H,3,13-14,16-18H2,1-2H3,(H,25,27)/b12-10+. The van der Waals surface area contributed by atoms with Crippen molar-refractivity contribution in [3.8, 4) is 11.5 Å². The van der Waals surface area contributed by atoms with Gasteiger partial charge >= 0.3 is 0 Å². The molecule has 1 aliphatic rings. The average molecular weight is 411 g/mol. The van der Waals surface area contributed by atoms with E-state index in [0.717, 1.165) is 25.2 Å². The molecular formula is C24H30N2O4. The fourth-order valence-electron chi connectivity index (χ4n) is 3.40. The van der Waals surface area contributed by atoms with E-state index in [-0.39, 0.29) is 12.0 Å². The van der Waals surface area contributed by atoms with Crippen molar-refractivity contribution in [2.45, 2.75) is 19.6 Å². The molecule has 2 aromatic rings. The first-order valence-corrected chi connectivity index (χ1v) is 10.3. The van der Waals surface area contributed by atoms with E-state index in [1.54, 1.807) is 13.2 Å². The fourth-order valence-corrected chi connectivity index (χ4v) is 3.40. The third-order valence-corrected chi connectivity index (χ3v) is 4.89. The first-order chi connectivity index (χ1) is 14.7. The lowest BCUT2D eigenvalue weighted by molar-refractivity contribution is -0.117. The van der Waals surface area contributed by atoms with Crippen molar-refractivity contribution in [2.24, 2.45) is 0 Å². The van der Waals surface area contributed by atoms with Gasteiger partial charge < -0.3 is 19.5 Å². The number of carbonyl (C=O) groups excluding carboxylic acids is 1. The van der Waals surface area contributed by atoms with Crippen LogP contribution in [0.2, 0.25) is 0 Å². The molecule has 1 N–H and O–H groups in total. The van der Waals surface area contributed by atoms with Crippen LogP contribution in [-0.2, 0) is 16.1 Å². The van der Waals surface area contributed by atoms with E-state index in [2.05, 4.69) is 34.5 Å². The molecule has 1 atom stereocenters. The summed E-state index contributed by atoms with van der Waals surface area (Å²) in [5, 5.41) is 2.93. The first kappa shape index (κ1) is 21.9. The number of methoxy groups -OCH3 is 1. The summed E-state index contributed by atoms with van der Waals surface area (Å²) in [6, 6.07) is 16.0. The SMILES string of the molecule is CCOc1ccc(/C=C/C(=O)NCC2CN(Cc3ccccc3)CCO2)cc1OC. The van der Waals surface area contributed by atoms with Crippen molar-refractivity contribution in [1.29, 1.82) is 0 Å². The minimum absolute atomic E-state index is 0.00891. The highest BCUT2D eigenvalue weighted by Gasteiger charge is 2.20. The van der Waals surface area contributed by atoms with Crippen molar-refractivity contribution in [1.82, 2.24) is 10.2 Å². The second-order valence-electron chi connectivity index (χ2n) is 7.14.